The summed E-state index contributed by atoms with van der Waals surface area (Å²) in [5.74, 6) is -0.725. The summed E-state index contributed by atoms with van der Waals surface area (Å²) in [6.45, 7) is 1.55. The van der Waals surface area contributed by atoms with E-state index in [2.05, 4.69) is 0 Å². The Hall–Kier alpha value is -0.320. The molecule has 2 nitrogen and oxygen atoms in total. The van der Waals surface area contributed by atoms with Crippen LogP contribution in [0.3, 0.4) is 0 Å². The summed E-state index contributed by atoms with van der Waals surface area (Å²) in [4.78, 5) is 0. The summed E-state index contributed by atoms with van der Waals surface area (Å²) in [5, 5.41) is 0.0324. The molecule has 0 unspecified atom stereocenters. The van der Waals surface area contributed by atoms with Crippen LogP contribution in [-0.2, 0) is 15.5 Å². The van der Waals surface area contributed by atoms with Gasteiger partial charge in [-0.25, -0.2) is 12.8 Å². The summed E-state index contributed by atoms with van der Waals surface area (Å²) in [5.41, 5.74) is 0.962. The summed E-state index contributed by atoms with van der Waals surface area (Å²) in [6, 6.07) is 3.00. The van der Waals surface area contributed by atoms with Crippen molar-refractivity contribution < 1.29 is 12.8 Å². The van der Waals surface area contributed by atoms with Gasteiger partial charge in [-0.15, -0.1) is 0 Å². The van der Waals surface area contributed by atoms with Crippen LogP contribution in [0.4, 0.5) is 4.39 Å². The third-order valence-corrected chi connectivity index (χ3v) is 3.51. The lowest BCUT2D eigenvalue weighted by atomic mass is 10.1. The van der Waals surface area contributed by atoms with Crippen molar-refractivity contribution in [3.05, 3.63) is 34.1 Å². The molecule has 0 spiro atoms. The van der Waals surface area contributed by atoms with E-state index in [0.29, 0.717) is 11.1 Å². The van der Waals surface area contributed by atoms with Crippen molar-refractivity contribution in [2.24, 2.45) is 0 Å². The third-order valence-electron chi connectivity index (χ3n) is 2.07. The largest absolute Gasteiger partial charge is 0.232 e. The maximum absolute atomic E-state index is 13.3. The molecule has 15 heavy (non-hydrogen) atoms. The van der Waals surface area contributed by atoms with Crippen molar-refractivity contribution in [3.8, 4) is 0 Å². The van der Waals surface area contributed by atoms with Gasteiger partial charge in [-0.1, -0.05) is 17.7 Å². The van der Waals surface area contributed by atoms with Crippen molar-refractivity contribution in [3.63, 3.8) is 0 Å². The lowest BCUT2D eigenvalue weighted by molar-refractivity contribution is 0.606. The minimum atomic E-state index is -3.55. The predicted octanol–water partition coefficient (Wildman–Crippen LogP) is 2.90. The average molecular weight is 271 g/mol. The van der Waals surface area contributed by atoms with E-state index in [4.69, 9.17) is 22.3 Å². The SMILES string of the molecule is Cc1c(CCS(=O)(=O)Cl)ccc(Cl)c1F. The van der Waals surface area contributed by atoms with Crippen LogP contribution in [0.5, 0.6) is 0 Å². The maximum atomic E-state index is 13.3. The number of halogens is 3. The molecule has 0 amide bonds. The van der Waals surface area contributed by atoms with Crippen molar-refractivity contribution >= 4 is 31.3 Å². The summed E-state index contributed by atoms with van der Waals surface area (Å²) >= 11 is 5.56. The first kappa shape index (κ1) is 12.7. The molecule has 0 saturated carbocycles. The van der Waals surface area contributed by atoms with E-state index in [0.717, 1.165) is 0 Å². The molecule has 0 heterocycles. The molecule has 0 radical (unpaired) electrons. The zero-order valence-electron chi connectivity index (χ0n) is 7.93. The number of hydrogen-bond donors (Lipinski definition) is 0. The molecule has 84 valence electrons. The Morgan fingerprint density at radius 3 is 2.53 bits per heavy atom. The number of benzene rings is 1. The zero-order valence-corrected chi connectivity index (χ0v) is 10.3. The lowest BCUT2D eigenvalue weighted by Gasteiger charge is -2.06. The summed E-state index contributed by atoms with van der Waals surface area (Å²) < 4.78 is 34.7. The van der Waals surface area contributed by atoms with E-state index >= 15 is 0 Å². The number of aryl methyl sites for hydroxylation is 1. The van der Waals surface area contributed by atoms with Crippen LogP contribution in [0, 0.1) is 12.7 Å². The second-order valence-electron chi connectivity index (χ2n) is 3.14. The standard InChI is InChI=1S/C9H9Cl2FO2S/c1-6-7(4-5-15(11,13)14)2-3-8(10)9(6)12/h2-3H,4-5H2,1H3. The van der Waals surface area contributed by atoms with Gasteiger partial charge in [0.15, 0.2) is 0 Å². The highest BCUT2D eigenvalue weighted by Crippen LogP contribution is 2.21. The molecule has 0 N–H and O–H groups in total. The molecule has 1 aromatic rings. The van der Waals surface area contributed by atoms with Gasteiger partial charge < -0.3 is 0 Å². The van der Waals surface area contributed by atoms with Gasteiger partial charge in [0.05, 0.1) is 10.8 Å². The monoisotopic (exact) mass is 270 g/mol. The van der Waals surface area contributed by atoms with E-state index in [-0.39, 0.29) is 17.2 Å². The Bertz CT molecular complexity index is 471. The second kappa shape index (κ2) is 4.68. The van der Waals surface area contributed by atoms with E-state index in [1.165, 1.54) is 6.07 Å². The quantitative estimate of drug-likeness (QED) is 0.792. The van der Waals surface area contributed by atoms with E-state index in [9.17, 15) is 12.8 Å². The first-order valence-electron chi connectivity index (χ1n) is 4.17. The highest BCUT2D eigenvalue weighted by Gasteiger charge is 2.11. The van der Waals surface area contributed by atoms with Gasteiger partial charge in [-0.3, -0.25) is 0 Å². The Balaban J connectivity index is 2.93. The molecule has 6 heteroatoms. The first-order chi connectivity index (χ1) is 6.81. The van der Waals surface area contributed by atoms with Gasteiger partial charge in [-0.2, -0.15) is 0 Å². The fourth-order valence-corrected chi connectivity index (χ4v) is 2.09. The Morgan fingerprint density at radius 1 is 1.40 bits per heavy atom. The molecule has 0 aliphatic heterocycles. The highest BCUT2D eigenvalue weighted by atomic mass is 35.7. The molecular weight excluding hydrogens is 262 g/mol. The minimum absolute atomic E-state index is 0.0324. The maximum Gasteiger partial charge on any atom is 0.232 e. The van der Waals surface area contributed by atoms with Gasteiger partial charge >= 0.3 is 0 Å². The zero-order chi connectivity index (χ0) is 11.6. The fourth-order valence-electron chi connectivity index (χ4n) is 1.19. The Labute approximate surface area is 97.4 Å². The lowest BCUT2D eigenvalue weighted by Crippen LogP contribution is -2.03. The van der Waals surface area contributed by atoms with Gasteiger partial charge in [0, 0.05) is 10.7 Å². The molecule has 0 saturated heterocycles. The third kappa shape index (κ3) is 3.63. The molecule has 1 rings (SSSR count). The van der Waals surface area contributed by atoms with E-state index < -0.39 is 14.9 Å². The predicted molar refractivity (Wildman–Crippen MR) is 59.5 cm³/mol. The molecule has 0 atom stereocenters. The molecule has 0 aromatic heterocycles. The van der Waals surface area contributed by atoms with Crippen molar-refractivity contribution in [2.45, 2.75) is 13.3 Å². The van der Waals surface area contributed by atoms with Crippen LogP contribution in [-0.4, -0.2) is 14.2 Å². The summed E-state index contributed by atoms with van der Waals surface area (Å²) in [6.07, 6.45) is 0.186. The van der Waals surface area contributed by atoms with Gasteiger partial charge in [0.1, 0.15) is 5.82 Å². The topological polar surface area (TPSA) is 34.1 Å². The van der Waals surface area contributed by atoms with Gasteiger partial charge in [0.2, 0.25) is 9.05 Å². The number of rotatable bonds is 3. The van der Waals surface area contributed by atoms with Gasteiger partial charge in [-0.05, 0) is 30.5 Å². The van der Waals surface area contributed by atoms with Crippen molar-refractivity contribution in [1.29, 1.82) is 0 Å². The minimum Gasteiger partial charge on any atom is -0.212 e. The first-order valence-corrected chi connectivity index (χ1v) is 7.02. The van der Waals surface area contributed by atoms with Crippen LogP contribution >= 0.6 is 22.3 Å². The van der Waals surface area contributed by atoms with Crippen LogP contribution in [0.25, 0.3) is 0 Å². The van der Waals surface area contributed by atoms with Crippen LogP contribution < -0.4 is 0 Å². The van der Waals surface area contributed by atoms with Crippen LogP contribution in [0.15, 0.2) is 12.1 Å². The normalized spacial score (nSPS) is 11.7. The number of hydrogen-bond acceptors (Lipinski definition) is 2. The smallest absolute Gasteiger partial charge is 0.212 e. The van der Waals surface area contributed by atoms with Crippen molar-refractivity contribution in [1.82, 2.24) is 0 Å². The van der Waals surface area contributed by atoms with E-state index in [1.54, 1.807) is 13.0 Å². The van der Waals surface area contributed by atoms with Gasteiger partial charge in [0.25, 0.3) is 0 Å². The summed E-state index contributed by atoms with van der Waals surface area (Å²) in [7, 11) is 1.51. The molecule has 1 aromatic carbocycles. The van der Waals surface area contributed by atoms with Crippen LogP contribution in [0.2, 0.25) is 5.02 Å². The van der Waals surface area contributed by atoms with Crippen molar-refractivity contribution in [2.75, 3.05) is 5.75 Å². The van der Waals surface area contributed by atoms with Crippen LogP contribution in [0.1, 0.15) is 11.1 Å². The Kier molecular flexibility index (Phi) is 3.98. The second-order valence-corrected chi connectivity index (χ2v) is 6.44. The molecule has 0 bridgehead atoms. The fraction of sp³-hybridized carbons (Fsp3) is 0.333. The molecule has 0 fully saturated rings. The average Bonchev–Trinajstić information content (AvgIpc) is 2.12. The molecule has 0 aliphatic rings. The molecule has 0 aliphatic carbocycles. The Morgan fingerprint density at radius 2 is 2.00 bits per heavy atom. The van der Waals surface area contributed by atoms with E-state index in [1.807, 2.05) is 0 Å². The highest BCUT2D eigenvalue weighted by molar-refractivity contribution is 8.13. The molecular formula is C9H9Cl2FO2S.